The van der Waals surface area contributed by atoms with Crippen LogP contribution in [0.25, 0.3) is 0 Å². The Bertz CT molecular complexity index is 707. The summed E-state index contributed by atoms with van der Waals surface area (Å²) >= 11 is 0. The van der Waals surface area contributed by atoms with Gasteiger partial charge in [-0.05, 0) is 69.5 Å². The summed E-state index contributed by atoms with van der Waals surface area (Å²) in [5.74, 6) is 1.53. The Morgan fingerprint density at radius 1 is 1.15 bits per heavy atom. The van der Waals surface area contributed by atoms with Crippen molar-refractivity contribution >= 4 is 5.91 Å². The highest BCUT2D eigenvalue weighted by Gasteiger charge is 2.41. The van der Waals surface area contributed by atoms with E-state index in [2.05, 4.69) is 10.2 Å². The number of unbranched alkanes of at least 4 members (excludes halogenated alkanes) is 1. The van der Waals surface area contributed by atoms with Crippen LogP contribution >= 0.6 is 0 Å². The van der Waals surface area contributed by atoms with Crippen LogP contribution in [0.2, 0.25) is 0 Å². The van der Waals surface area contributed by atoms with Crippen molar-refractivity contribution in [2.75, 3.05) is 40.4 Å². The molecule has 5 nitrogen and oxygen atoms in total. The molecule has 1 aliphatic carbocycles. The van der Waals surface area contributed by atoms with Crippen LogP contribution in [-0.2, 0) is 15.1 Å². The van der Waals surface area contributed by atoms with Crippen LogP contribution < -0.4 is 5.32 Å². The molecule has 0 radical (unpaired) electrons. The van der Waals surface area contributed by atoms with Gasteiger partial charge in [0.1, 0.15) is 0 Å². The second-order valence-electron chi connectivity index (χ2n) is 10.8. The van der Waals surface area contributed by atoms with Crippen LogP contribution in [0.1, 0.15) is 82.6 Å². The number of nitrogens with zero attached hydrogens (tertiary/aromatic N) is 1. The molecular weight excluding hydrogens is 424 g/mol. The zero-order valence-electron chi connectivity index (χ0n) is 21.6. The maximum atomic E-state index is 13.4. The molecule has 0 bridgehead atoms. The molecule has 0 spiro atoms. The van der Waals surface area contributed by atoms with Gasteiger partial charge in [0.15, 0.2) is 0 Å². The number of nitrogens with one attached hydrogen (secondary N) is 1. The van der Waals surface area contributed by atoms with E-state index in [0.29, 0.717) is 31.9 Å². The lowest BCUT2D eigenvalue weighted by atomic mass is 9.74. The van der Waals surface area contributed by atoms with Gasteiger partial charge in [0, 0.05) is 39.1 Å². The Morgan fingerprint density at radius 2 is 1.91 bits per heavy atom. The van der Waals surface area contributed by atoms with E-state index in [-0.39, 0.29) is 11.8 Å². The largest absolute Gasteiger partial charge is 0.385 e. The molecule has 0 unspecified atom stereocenters. The van der Waals surface area contributed by atoms with E-state index in [1.165, 1.54) is 32.1 Å². The van der Waals surface area contributed by atoms with Crippen LogP contribution in [0, 0.1) is 17.8 Å². The number of carbonyl (C=O) groups is 1. The molecule has 0 aromatic heterocycles. The van der Waals surface area contributed by atoms with E-state index in [0.717, 1.165) is 56.7 Å². The van der Waals surface area contributed by atoms with E-state index in [9.17, 15) is 9.90 Å². The van der Waals surface area contributed by atoms with E-state index in [4.69, 9.17) is 4.74 Å². The fourth-order valence-electron chi connectivity index (χ4n) is 6.34. The van der Waals surface area contributed by atoms with E-state index in [1.807, 2.05) is 37.4 Å². The number of ether oxygens (including phenoxy) is 1. The van der Waals surface area contributed by atoms with Crippen molar-refractivity contribution in [2.45, 2.75) is 82.7 Å². The maximum absolute atomic E-state index is 13.4. The molecule has 2 aliphatic rings. The Hall–Kier alpha value is -1.43. The third-order valence-electron chi connectivity index (χ3n) is 8.23. The highest BCUT2D eigenvalue weighted by molar-refractivity contribution is 5.76. The summed E-state index contributed by atoms with van der Waals surface area (Å²) in [6, 6.07) is 10.1. The number of benzene rings is 1. The van der Waals surface area contributed by atoms with Crippen molar-refractivity contribution in [1.82, 2.24) is 10.2 Å². The third kappa shape index (κ3) is 7.79. The number of aliphatic hydroxyl groups is 1. The van der Waals surface area contributed by atoms with Gasteiger partial charge in [-0.3, -0.25) is 4.79 Å². The second-order valence-corrected chi connectivity index (χ2v) is 10.8. The molecule has 1 aromatic rings. The van der Waals surface area contributed by atoms with Crippen LogP contribution in [0.4, 0.5) is 0 Å². The second kappa shape index (κ2) is 14.2. The summed E-state index contributed by atoms with van der Waals surface area (Å²) in [5, 5.41) is 15.3. The van der Waals surface area contributed by atoms with Gasteiger partial charge in [-0.1, -0.05) is 62.4 Å². The lowest BCUT2D eigenvalue weighted by Gasteiger charge is -2.43. The molecule has 1 amide bonds. The van der Waals surface area contributed by atoms with Gasteiger partial charge < -0.3 is 20.1 Å². The predicted molar refractivity (Wildman–Crippen MR) is 139 cm³/mol. The summed E-state index contributed by atoms with van der Waals surface area (Å²) in [6.45, 7) is 3.10. The van der Waals surface area contributed by atoms with E-state index >= 15 is 0 Å². The fraction of sp³-hybridized carbons (Fsp3) is 0.759. The van der Waals surface area contributed by atoms with Gasteiger partial charge in [-0.25, -0.2) is 0 Å². The minimum absolute atomic E-state index is 0.0660. The molecule has 1 aliphatic heterocycles. The molecule has 2 fully saturated rings. The van der Waals surface area contributed by atoms with Gasteiger partial charge in [0.05, 0.1) is 5.60 Å². The molecule has 1 aromatic carbocycles. The van der Waals surface area contributed by atoms with Crippen molar-refractivity contribution in [3.8, 4) is 0 Å². The van der Waals surface area contributed by atoms with Crippen LogP contribution in [0.3, 0.4) is 0 Å². The number of methoxy groups -OCH3 is 1. The predicted octanol–water partition coefficient (Wildman–Crippen LogP) is 5.13. The van der Waals surface area contributed by atoms with Gasteiger partial charge in [0.2, 0.25) is 5.91 Å². The number of likely N-dealkylation sites (tertiary alicyclic amines) is 1. The average Bonchev–Trinajstić information content (AvgIpc) is 2.88. The summed E-state index contributed by atoms with van der Waals surface area (Å²) in [7, 11) is 3.72. The molecule has 1 heterocycles. The summed E-state index contributed by atoms with van der Waals surface area (Å²) in [5.41, 5.74) is 0.0810. The van der Waals surface area contributed by atoms with Gasteiger partial charge in [-0.2, -0.15) is 0 Å². The highest BCUT2D eigenvalue weighted by Crippen LogP contribution is 2.40. The third-order valence-corrected chi connectivity index (χ3v) is 8.23. The molecule has 1 saturated heterocycles. The Balaban J connectivity index is 1.64. The van der Waals surface area contributed by atoms with Crippen molar-refractivity contribution in [2.24, 2.45) is 17.8 Å². The molecule has 3 rings (SSSR count). The Labute approximate surface area is 207 Å². The minimum atomic E-state index is -0.902. The molecule has 34 heavy (non-hydrogen) atoms. The number of piperidine rings is 1. The average molecular weight is 473 g/mol. The Kier molecular flexibility index (Phi) is 11.4. The van der Waals surface area contributed by atoms with Gasteiger partial charge in [0.25, 0.3) is 0 Å². The van der Waals surface area contributed by atoms with Crippen LogP contribution in [-0.4, -0.2) is 56.3 Å². The lowest BCUT2D eigenvalue weighted by Crippen LogP contribution is -2.48. The molecule has 2 N–H and O–H groups in total. The van der Waals surface area contributed by atoms with Crippen molar-refractivity contribution in [1.29, 1.82) is 0 Å². The molecule has 192 valence electrons. The van der Waals surface area contributed by atoms with Crippen LogP contribution in [0.15, 0.2) is 30.3 Å². The summed E-state index contributed by atoms with van der Waals surface area (Å²) < 4.78 is 5.23. The quantitative estimate of drug-likeness (QED) is 0.391. The fourth-order valence-corrected chi connectivity index (χ4v) is 6.34. The first-order valence-electron chi connectivity index (χ1n) is 13.8. The van der Waals surface area contributed by atoms with E-state index in [1.54, 1.807) is 7.11 Å². The standard InChI is InChI=1S/C29H48N2O3/c1-30-22-25(20-24-12-5-3-6-13-24)21-28(32)31-18-11-16-27(23-31)29(33,17-9-10-19-34-2)26-14-7-4-8-15-26/h4,7-8,14-15,24-25,27,30,33H,3,5-6,9-13,16-23H2,1-2H3/t25-,27-,29-/m1/s1. The maximum Gasteiger partial charge on any atom is 0.222 e. The number of amides is 1. The topological polar surface area (TPSA) is 61.8 Å². The molecule has 1 saturated carbocycles. The summed E-state index contributed by atoms with van der Waals surface area (Å²) in [6.07, 6.45) is 13.0. The normalized spacial score (nSPS) is 22.3. The van der Waals surface area contributed by atoms with Crippen molar-refractivity contribution < 1.29 is 14.6 Å². The van der Waals surface area contributed by atoms with Crippen molar-refractivity contribution in [3.05, 3.63) is 35.9 Å². The first kappa shape index (κ1) is 27.2. The van der Waals surface area contributed by atoms with E-state index < -0.39 is 5.60 Å². The molecule has 3 atom stereocenters. The SMILES string of the molecule is CNC[C@@H](CC(=O)N1CCC[C@@H]([C@@](O)(CCCCOC)c2ccccc2)C1)CC1CCCCC1. The minimum Gasteiger partial charge on any atom is -0.385 e. The summed E-state index contributed by atoms with van der Waals surface area (Å²) in [4.78, 5) is 15.5. The van der Waals surface area contributed by atoms with Crippen molar-refractivity contribution in [3.63, 3.8) is 0 Å². The molecule has 5 heteroatoms. The number of rotatable bonds is 13. The monoisotopic (exact) mass is 472 g/mol. The molecular formula is C29H48N2O3. The number of hydrogen-bond donors (Lipinski definition) is 2. The zero-order chi connectivity index (χ0) is 24.2. The first-order chi connectivity index (χ1) is 16.6. The first-order valence-corrected chi connectivity index (χ1v) is 13.8. The van der Waals surface area contributed by atoms with Crippen LogP contribution in [0.5, 0.6) is 0 Å². The Morgan fingerprint density at radius 3 is 2.62 bits per heavy atom. The number of carbonyl (C=O) groups excluding carboxylic acids is 1. The smallest absolute Gasteiger partial charge is 0.222 e. The zero-order valence-corrected chi connectivity index (χ0v) is 21.6. The lowest BCUT2D eigenvalue weighted by molar-refractivity contribution is -0.138. The van der Waals surface area contributed by atoms with Gasteiger partial charge >= 0.3 is 0 Å². The highest BCUT2D eigenvalue weighted by atomic mass is 16.5. The van der Waals surface area contributed by atoms with Gasteiger partial charge in [-0.15, -0.1) is 0 Å². The number of hydrogen-bond acceptors (Lipinski definition) is 4.